The van der Waals surface area contributed by atoms with E-state index in [2.05, 4.69) is 32.9 Å². The molecule has 0 spiro atoms. The Labute approximate surface area is 120 Å². The number of benzene rings is 1. The molecule has 0 saturated carbocycles. The first kappa shape index (κ1) is 13.0. The van der Waals surface area contributed by atoms with Crippen LogP contribution in [0.2, 0.25) is 0 Å². The Morgan fingerprint density at radius 3 is 3.00 bits per heavy atom. The summed E-state index contributed by atoms with van der Waals surface area (Å²) in [6, 6.07) is 10.7. The number of imidazole rings is 1. The van der Waals surface area contributed by atoms with Crippen molar-refractivity contribution in [3.8, 4) is 23.6 Å². The van der Waals surface area contributed by atoms with E-state index in [1.807, 2.05) is 24.4 Å². The number of nitrogens with one attached hydrogen (secondary N) is 1. The highest BCUT2D eigenvalue weighted by atomic mass is 15.2. The maximum atomic E-state index is 5.37. The van der Waals surface area contributed by atoms with E-state index in [1.54, 1.807) is 0 Å². The fourth-order valence-electron chi connectivity index (χ4n) is 2.88. The summed E-state index contributed by atoms with van der Waals surface area (Å²) in [4.78, 5) is 10.5. The highest BCUT2D eigenvalue weighted by Crippen LogP contribution is 2.31. The smallest absolute Gasteiger partial charge is 0.123 e. The second kappa shape index (κ2) is 5.94. The molecule has 1 aromatic carbocycles. The lowest BCUT2D eigenvalue weighted by Crippen LogP contribution is -2.24. The first-order valence-corrected chi connectivity index (χ1v) is 7.16. The van der Waals surface area contributed by atoms with Crippen LogP contribution in [0.25, 0.3) is 11.3 Å². The molecule has 1 saturated heterocycles. The molecule has 3 heteroatoms. The number of hydrogen-bond acceptors (Lipinski definition) is 2. The fraction of sp³-hybridized carbons (Fsp3) is 0.353. The molecule has 1 N–H and O–H groups in total. The van der Waals surface area contributed by atoms with Crippen LogP contribution in [0.4, 0.5) is 0 Å². The molecule has 0 aliphatic carbocycles. The van der Waals surface area contributed by atoms with Gasteiger partial charge in [0.15, 0.2) is 0 Å². The molecule has 1 fully saturated rings. The van der Waals surface area contributed by atoms with E-state index < -0.39 is 0 Å². The van der Waals surface area contributed by atoms with Crippen LogP contribution in [-0.2, 0) is 0 Å². The highest BCUT2D eigenvalue weighted by molar-refractivity contribution is 5.58. The average Bonchev–Trinajstić information content (AvgIpc) is 3.14. The van der Waals surface area contributed by atoms with Crippen LogP contribution in [-0.4, -0.2) is 28.0 Å². The van der Waals surface area contributed by atoms with Crippen molar-refractivity contribution in [2.75, 3.05) is 13.1 Å². The molecule has 3 rings (SSSR count). The van der Waals surface area contributed by atoms with Crippen LogP contribution < -0.4 is 0 Å². The summed E-state index contributed by atoms with van der Waals surface area (Å²) in [6.45, 7) is 2.08. The van der Waals surface area contributed by atoms with Crippen LogP contribution in [0.5, 0.6) is 0 Å². The van der Waals surface area contributed by atoms with Gasteiger partial charge in [0, 0.05) is 13.0 Å². The van der Waals surface area contributed by atoms with Gasteiger partial charge in [-0.15, -0.1) is 12.3 Å². The van der Waals surface area contributed by atoms with Crippen LogP contribution in [0.3, 0.4) is 0 Å². The number of terminal acetylenes is 1. The summed E-state index contributed by atoms with van der Waals surface area (Å²) >= 11 is 0. The first-order chi connectivity index (χ1) is 9.88. The van der Waals surface area contributed by atoms with E-state index in [0.717, 1.165) is 37.4 Å². The van der Waals surface area contributed by atoms with Gasteiger partial charge in [-0.3, -0.25) is 4.90 Å². The highest BCUT2D eigenvalue weighted by Gasteiger charge is 2.27. The largest absolute Gasteiger partial charge is 0.341 e. The lowest BCUT2D eigenvalue weighted by atomic mass is 10.2. The van der Waals surface area contributed by atoms with Crippen molar-refractivity contribution in [2.45, 2.75) is 25.3 Å². The van der Waals surface area contributed by atoms with Crippen LogP contribution in [0, 0.1) is 12.3 Å². The zero-order valence-electron chi connectivity index (χ0n) is 11.5. The summed E-state index contributed by atoms with van der Waals surface area (Å²) in [5.41, 5.74) is 2.27. The molecule has 0 bridgehead atoms. The Kier molecular flexibility index (Phi) is 3.85. The van der Waals surface area contributed by atoms with E-state index in [0.29, 0.717) is 6.04 Å². The van der Waals surface area contributed by atoms with Gasteiger partial charge in [-0.25, -0.2) is 4.98 Å². The van der Waals surface area contributed by atoms with Gasteiger partial charge in [0.2, 0.25) is 0 Å². The molecule has 0 amide bonds. The SMILES string of the molecule is C#CCCN1CCCC1c1ncc(-c2ccccc2)[nH]1. The van der Waals surface area contributed by atoms with Gasteiger partial charge in [0.25, 0.3) is 0 Å². The summed E-state index contributed by atoms with van der Waals surface area (Å²) in [5, 5.41) is 0. The lowest BCUT2D eigenvalue weighted by molar-refractivity contribution is 0.255. The fourth-order valence-corrected chi connectivity index (χ4v) is 2.88. The van der Waals surface area contributed by atoms with Crippen molar-refractivity contribution in [3.05, 3.63) is 42.4 Å². The molecular formula is C17H19N3. The van der Waals surface area contributed by atoms with Crippen molar-refractivity contribution in [2.24, 2.45) is 0 Å². The second-order valence-electron chi connectivity index (χ2n) is 5.20. The molecular weight excluding hydrogens is 246 g/mol. The standard InChI is InChI=1S/C17H19N3/c1-2-3-11-20-12-7-10-16(20)17-18-13-15(19-17)14-8-5-4-6-9-14/h1,4-6,8-9,13,16H,3,7,10-12H2,(H,18,19). The van der Waals surface area contributed by atoms with Crippen molar-refractivity contribution in [3.63, 3.8) is 0 Å². The van der Waals surface area contributed by atoms with Crippen LogP contribution in [0.15, 0.2) is 36.5 Å². The summed E-state index contributed by atoms with van der Waals surface area (Å²) in [5.74, 6) is 3.79. The van der Waals surface area contributed by atoms with E-state index in [-0.39, 0.29) is 0 Å². The lowest BCUT2D eigenvalue weighted by Gasteiger charge is -2.21. The van der Waals surface area contributed by atoms with Crippen molar-refractivity contribution < 1.29 is 0 Å². The van der Waals surface area contributed by atoms with E-state index in [1.165, 1.54) is 12.0 Å². The summed E-state index contributed by atoms with van der Waals surface area (Å²) < 4.78 is 0. The van der Waals surface area contributed by atoms with Gasteiger partial charge in [0.05, 0.1) is 17.9 Å². The number of rotatable bonds is 4. The number of H-pyrrole nitrogens is 1. The normalized spacial score (nSPS) is 19.1. The van der Waals surface area contributed by atoms with Crippen LogP contribution in [0.1, 0.15) is 31.1 Å². The maximum absolute atomic E-state index is 5.37. The molecule has 20 heavy (non-hydrogen) atoms. The van der Waals surface area contributed by atoms with E-state index in [4.69, 9.17) is 6.42 Å². The summed E-state index contributed by atoms with van der Waals surface area (Å²) in [7, 11) is 0. The van der Waals surface area contributed by atoms with Gasteiger partial charge in [-0.2, -0.15) is 0 Å². The monoisotopic (exact) mass is 265 g/mol. The third kappa shape index (κ3) is 2.61. The minimum Gasteiger partial charge on any atom is -0.341 e. The topological polar surface area (TPSA) is 31.9 Å². The van der Waals surface area contributed by atoms with E-state index in [9.17, 15) is 0 Å². The number of aromatic nitrogens is 2. The molecule has 1 atom stereocenters. The minimum atomic E-state index is 0.390. The number of aromatic amines is 1. The average molecular weight is 265 g/mol. The minimum absolute atomic E-state index is 0.390. The molecule has 1 aliphatic rings. The zero-order valence-corrected chi connectivity index (χ0v) is 11.5. The van der Waals surface area contributed by atoms with Crippen molar-refractivity contribution >= 4 is 0 Å². The quantitative estimate of drug-likeness (QED) is 0.861. The van der Waals surface area contributed by atoms with Gasteiger partial charge in [-0.05, 0) is 24.9 Å². The summed E-state index contributed by atoms with van der Waals surface area (Å²) in [6.07, 6.45) is 10.5. The van der Waals surface area contributed by atoms with Gasteiger partial charge in [-0.1, -0.05) is 30.3 Å². The number of hydrogen-bond donors (Lipinski definition) is 1. The molecule has 2 aromatic rings. The Hall–Kier alpha value is -2.05. The maximum Gasteiger partial charge on any atom is 0.123 e. The van der Waals surface area contributed by atoms with Crippen molar-refractivity contribution in [1.29, 1.82) is 0 Å². The molecule has 0 radical (unpaired) electrons. The predicted molar refractivity (Wildman–Crippen MR) is 81.0 cm³/mol. The molecule has 102 valence electrons. The molecule has 3 nitrogen and oxygen atoms in total. The number of nitrogens with zero attached hydrogens (tertiary/aromatic N) is 2. The Bertz CT molecular complexity index is 594. The third-order valence-corrected chi connectivity index (χ3v) is 3.90. The van der Waals surface area contributed by atoms with Gasteiger partial charge in [0.1, 0.15) is 5.82 Å². The zero-order chi connectivity index (χ0) is 13.8. The van der Waals surface area contributed by atoms with Crippen LogP contribution >= 0.6 is 0 Å². The molecule has 1 unspecified atom stereocenters. The Balaban J connectivity index is 1.78. The molecule has 1 aromatic heterocycles. The first-order valence-electron chi connectivity index (χ1n) is 7.16. The molecule has 1 aliphatic heterocycles. The predicted octanol–water partition coefficient (Wildman–Crippen LogP) is 3.24. The van der Waals surface area contributed by atoms with E-state index >= 15 is 0 Å². The van der Waals surface area contributed by atoms with Gasteiger partial charge < -0.3 is 4.98 Å². The Morgan fingerprint density at radius 2 is 2.20 bits per heavy atom. The number of likely N-dealkylation sites (tertiary alicyclic amines) is 1. The van der Waals surface area contributed by atoms with Gasteiger partial charge >= 0.3 is 0 Å². The Morgan fingerprint density at radius 1 is 1.35 bits per heavy atom. The molecule has 2 heterocycles. The third-order valence-electron chi connectivity index (χ3n) is 3.90. The van der Waals surface area contributed by atoms with Crippen molar-refractivity contribution in [1.82, 2.24) is 14.9 Å². The second-order valence-corrected chi connectivity index (χ2v) is 5.20.